The van der Waals surface area contributed by atoms with E-state index in [0.29, 0.717) is 5.56 Å². The molecule has 0 heterocycles. The highest BCUT2D eigenvalue weighted by Gasteiger charge is 2.57. The van der Waals surface area contributed by atoms with Crippen molar-refractivity contribution in [3.8, 4) is 0 Å². The lowest BCUT2D eigenvalue weighted by Crippen LogP contribution is -2.39. The zero-order chi connectivity index (χ0) is 17.3. The average molecular weight is 344 g/mol. The molecule has 0 spiro atoms. The molecular weight excluding hydrogens is 326 g/mol. The van der Waals surface area contributed by atoms with Gasteiger partial charge < -0.3 is 0 Å². The van der Waals surface area contributed by atoms with Crippen molar-refractivity contribution in [1.29, 1.82) is 0 Å². The molecule has 0 aliphatic carbocycles. The number of alkyl halides is 6. The third-order valence-corrected chi connectivity index (χ3v) is 4.54. The minimum atomic E-state index is -5.34. The van der Waals surface area contributed by atoms with Gasteiger partial charge in [-0.3, -0.25) is 0 Å². The first kappa shape index (κ1) is 19.2. The molecule has 0 nitrogen and oxygen atoms in total. The molecule has 0 saturated heterocycles. The summed E-state index contributed by atoms with van der Waals surface area (Å²) in [4.78, 5) is 0.0425. The van der Waals surface area contributed by atoms with E-state index >= 15 is 0 Å². The van der Waals surface area contributed by atoms with Gasteiger partial charge in [-0.2, -0.15) is 26.3 Å². The molecular formula is C15H18F6S. The van der Waals surface area contributed by atoms with Gasteiger partial charge >= 0.3 is 12.4 Å². The number of rotatable bonds is 4. The lowest BCUT2D eigenvalue weighted by Gasteiger charge is -2.24. The zero-order valence-electron chi connectivity index (χ0n) is 12.6. The molecule has 0 saturated carbocycles. The summed E-state index contributed by atoms with van der Waals surface area (Å²) in [5.41, 5.74) is 1.21. The Labute approximate surface area is 130 Å². The smallest absolute Gasteiger partial charge is 0.169 e. The van der Waals surface area contributed by atoms with Crippen LogP contribution < -0.4 is 0 Å². The van der Waals surface area contributed by atoms with Gasteiger partial charge in [-0.05, 0) is 29.0 Å². The first-order valence-electron chi connectivity index (χ1n) is 6.78. The van der Waals surface area contributed by atoms with Crippen LogP contribution in [-0.4, -0.2) is 17.6 Å². The molecule has 126 valence electrons. The fraction of sp³-hybridized carbons (Fsp3) is 0.600. The molecule has 1 aromatic rings. The SMILES string of the molecule is CC(C)c1ccc(C(C)C)c(SC(C(F)(F)F)C(F)(F)F)c1. The summed E-state index contributed by atoms with van der Waals surface area (Å²) in [5, 5.41) is -3.42. The monoisotopic (exact) mass is 344 g/mol. The minimum Gasteiger partial charge on any atom is -0.169 e. The lowest BCUT2D eigenvalue weighted by atomic mass is 9.97. The Kier molecular flexibility index (Phi) is 5.87. The second kappa shape index (κ2) is 6.72. The third-order valence-electron chi connectivity index (χ3n) is 3.17. The summed E-state index contributed by atoms with van der Waals surface area (Å²) in [7, 11) is 0. The van der Waals surface area contributed by atoms with E-state index in [4.69, 9.17) is 0 Å². The van der Waals surface area contributed by atoms with Gasteiger partial charge in [-0.1, -0.05) is 39.8 Å². The molecule has 0 aliphatic heterocycles. The fourth-order valence-electron chi connectivity index (χ4n) is 1.94. The Hall–Kier alpha value is -0.850. The van der Waals surface area contributed by atoms with Gasteiger partial charge in [0.1, 0.15) is 0 Å². The van der Waals surface area contributed by atoms with Gasteiger partial charge in [0.15, 0.2) is 0 Å². The molecule has 1 aromatic carbocycles. The van der Waals surface area contributed by atoms with E-state index < -0.39 is 17.6 Å². The normalized spacial score (nSPS) is 13.5. The van der Waals surface area contributed by atoms with Crippen LogP contribution in [0.3, 0.4) is 0 Å². The number of thioether (sulfide) groups is 1. The Bertz CT molecular complexity index is 488. The van der Waals surface area contributed by atoms with Gasteiger partial charge in [0.2, 0.25) is 5.25 Å². The first-order valence-corrected chi connectivity index (χ1v) is 7.66. The minimum absolute atomic E-state index is 0.0239. The van der Waals surface area contributed by atoms with E-state index in [-0.39, 0.29) is 28.5 Å². The van der Waals surface area contributed by atoms with Crippen LogP contribution in [0.2, 0.25) is 0 Å². The molecule has 0 aliphatic rings. The summed E-state index contributed by atoms with van der Waals surface area (Å²) in [6, 6.07) is 4.81. The molecule has 1 rings (SSSR count). The maximum atomic E-state index is 12.8. The molecule has 0 radical (unpaired) electrons. The second-order valence-electron chi connectivity index (χ2n) is 5.69. The van der Waals surface area contributed by atoms with Crippen LogP contribution in [0.15, 0.2) is 23.1 Å². The summed E-state index contributed by atoms with van der Waals surface area (Å²) in [6.45, 7) is 7.16. The maximum absolute atomic E-state index is 12.8. The Morgan fingerprint density at radius 1 is 0.818 bits per heavy atom. The predicted octanol–water partition coefficient (Wildman–Crippen LogP) is 6.52. The summed E-state index contributed by atoms with van der Waals surface area (Å²) in [5.74, 6) is -0.137. The number of hydrogen-bond donors (Lipinski definition) is 0. The number of benzene rings is 1. The van der Waals surface area contributed by atoms with Crippen molar-refractivity contribution >= 4 is 11.8 Å². The molecule has 0 amide bonds. The Balaban J connectivity index is 3.31. The summed E-state index contributed by atoms with van der Waals surface area (Å²) < 4.78 is 76.5. The van der Waals surface area contributed by atoms with E-state index in [1.165, 1.54) is 6.07 Å². The number of hydrogen-bond acceptors (Lipinski definition) is 1. The lowest BCUT2D eigenvalue weighted by molar-refractivity contribution is -0.223. The standard InChI is InChI=1S/C15H18F6S/c1-8(2)10-5-6-11(9(3)4)12(7-10)22-13(14(16,17)18)15(19,20)21/h5-9,13H,1-4H3. The predicted molar refractivity (Wildman–Crippen MR) is 76.4 cm³/mol. The van der Waals surface area contributed by atoms with Crippen LogP contribution in [-0.2, 0) is 0 Å². The van der Waals surface area contributed by atoms with Crippen molar-refractivity contribution in [3.63, 3.8) is 0 Å². The highest BCUT2D eigenvalue weighted by molar-refractivity contribution is 8.00. The molecule has 22 heavy (non-hydrogen) atoms. The quantitative estimate of drug-likeness (QED) is 0.443. The highest BCUT2D eigenvalue weighted by Crippen LogP contribution is 2.46. The van der Waals surface area contributed by atoms with Gasteiger partial charge in [-0.25, -0.2) is 0 Å². The van der Waals surface area contributed by atoms with Crippen LogP contribution in [0.4, 0.5) is 26.3 Å². The van der Waals surface area contributed by atoms with E-state index in [2.05, 4.69) is 0 Å². The molecule has 0 bridgehead atoms. The summed E-state index contributed by atoms with van der Waals surface area (Å²) >= 11 is -0.161. The van der Waals surface area contributed by atoms with Crippen LogP contribution in [0, 0.1) is 0 Å². The Morgan fingerprint density at radius 3 is 1.68 bits per heavy atom. The van der Waals surface area contributed by atoms with Crippen molar-refractivity contribution in [2.75, 3.05) is 0 Å². The summed E-state index contributed by atoms with van der Waals surface area (Å²) in [6.07, 6.45) is -10.7. The zero-order valence-corrected chi connectivity index (χ0v) is 13.5. The first-order chi connectivity index (χ1) is 9.84. The van der Waals surface area contributed by atoms with Crippen LogP contribution >= 0.6 is 11.8 Å². The van der Waals surface area contributed by atoms with E-state index in [1.54, 1.807) is 26.0 Å². The van der Waals surface area contributed by atoms with Crippen molar-refractivity contribution in [2.45, 2.75) is 62.0 Å². The number of halogens is 6. The van der Waals surface area contributed by atoms with Crippen molar-refractivity contribution in [2.24, 2.45) is 0 Å². The van der Waals surface area contributed by atoms with E-state index in [9.17, 15) is 26.3 Å². The molecule has 0 unspecified atom stereocenters. The largest absolute Gasteiger partial charge is 0.409 e. The van der Waals surface area contributed by atoms with Crippen molar-refractivity contribution in [3.05, 3.63) is 29.3 Å². The maximum Gasteiger partial charge on any atom is 0.409 e. The molecule has 0 atom stereocenters. The fourth-order valence-corrected chi connectivity index (χ4v) is 3.10. The average Bonchev–Trinajstić information content (AvgIpc) is 2.32. The van der Waals surface area contributed by atoms with Gasteiger partial charge in [0.05, 0.1) is 0 Å². The molecule has 0 aromatic heterocycles. The van der Waals surface area contributed by atoms with Gasteiger partial charge in [-0.15, -0.1) is 11.8 Å². The van der Waals surface area contributed by atoms with Gasteiger partial charge in [0, 0.05) is 4.90 Å². The molecule has 0 N–H and O–H groups in total. The van der Waals surface area contributed by atoms with E-state index in [1.807, 2.05) is 13.8 Å². The van der Waals surface area contributed by atoms with Crippen LogP contribution in [0.5, 0.6) is 0 Å². The third kappa shape index (κ3) is 4.83. The molecule has 7 heteroatoms. The van der Waals surface area contributed by atoms with E-state index in [0.717, 1.165) is 5.56 Å². The van der Waals surface area contributed by atoms with Gasteiger partial charge in [0.25, 0.3) is 0 Å². The van der Waals surface area contributed by atoms with Crippen LogP contribution in [0.25, 0.3) is 0 Å². The highest BCUT2D eigenvalue weighted by atomic mass is 32.2. The molecule has 0 fully saturated rings. The second-order valence-corrected chi connectivity index (χ2v) is 6.83. The topological polar surface area (TPSA) is 0 Å². The van der Waals surface area contributed by atoms with Crippen molar-refractivity contribution < 1.29 is 26.3 Å². The van der Waals surface area contributed by atoms with Crippen molar-refractivity contribution in [1.82, 2.24) is 0 Å². The Morgan fingerprint density at radius 2 is 1.32 bits per heavy atom. The van der Waals surface area contributed by atoms with Crippen LogP contribution in [0.1, 0.15) is 50.7 Å².